The van der Waals surface area contributed by atoms with Crippen LogP contribution in [0.1, 0.15) is 98.0 Å². The molecule has 0 radical (unpaired) electrons. The summed E-state index contributed by atoms with van der Waals surface area (Å²) in [5, 5.41) is 5.65. The first-order chi connectivity index (χ1) is 18.5. The average molecular weight is 544 g/mol. The summed E-state index contributed by atoms with van der Waals surface area (Å²) in [5.41, 5.74) is 5.77. The smallest absolute Gasteiger partial charge is 0.408 e. The van der Waals surface area contributed by atoms with Crippen molar-refractivity contribution in [1.29, 1.82) is 0 Å². The number of fused-ring (bicyclic) bond motifs is 1. The standard InChI is InChI=1S/C30H49N5O4/c1-6-20(2)26(34-29(38)39-30(3,4)5)27(36)35(28(37)33-19-21-14-15-25(31)32-18-21)17-16-23-12-9-11-22-10-7-8-13-24(22)23/h14-15,18,20,22-24,26H,6-13,16-17,19H2,1-5H3,(H2,31,32)(H,33,37)(H,34,38). The van der Waals surface area contributed by atoms with Gasteiger partial charge in [-0.3, -0.25) is 9.69 Å². The Labute approximate surface area is 234 Å². The zero-order valence-corrected chi connectivity index (χ0v) is 24.5. The second kappa shape index (κ2) is 14.0. The SMILES string of the molecule is CCC(C)C(NC(=O)OC(C)(C)C)C(=O)N(CCC1CCCC2CCCCC21)C(=O)NCc1ccc(N)nc1. The Kier molecular flexibility index (Phi) is 11.0. The van der Waals surface area contributed by atoms with E-state index in [9.17, 15) is 14.4 Å². The molecule has 1 aromatic rings. The molecule has 0 aromatic carbocycles. The number of hydrogen-bond donors (Lipinski definition) is 3. The molecule has 3 rings (SSSR count). The Morgan fingerprint density at radius 1 is 1.13 bits per heavy atom. The molecule has 1 heterocycles. The molecule has 4 N–H and O–H groups in total. The molecule has 39 heavy (non-hydrogen) atoms. The number of nitrogens with two attached hydrogens (primary N) is 1. The van der Waals surface area contributed by atoms with E-state index >= 15 is 0 Å². The second-order valence-corrected chi connectivity index (χ2v) is 12.4. The van der Waals surface area contributed by atoms with Gasteiger partial charge in [0.15, 0.2) is 0 Å². The summed E-state index contributed by atoms with van der Waals surface area (Å²) < 4.78 is 5.44. The lowest BCUT2D eigenvalue weighted by atomic mass is 9.64. The lowest BCUT2D eigenvalue weighted by Crippen LogP contribution is -2.56. The number of hydrogen-bond acceptors (Lipinski definition) is 6. The molecule has 2 fully saturated rings. The molecule has 1 aromatic heterocycles. The maximum atomic E-state index is 14.0. The van der Waals surface area contributed by atoms with Crippen LogP contribution < -0.4 is 16.4 Å². The summed E-state index contributed by atoms with van der Waals surface area (Å²) in [6, 6.07) is 2.14. The molecule has 0 aliphatic heterocycles. The Bertz CT molecular complexity index is 959. The first-order valence-corrected chi connectivity index (χ1v) is 14.8. The third-order valence-electron chi connectivity index (χ3n) is 8.40. The van der Waals surface area contributed by atoms with E-state index in [0.717, 1.165) is 24.3 Å². The van der Waals surface area contributed by atoms with Crippen molar-refractivity contribution in [1.82, 2.24) is 20.5 Å². The number of nitrogen functional groups attached to an aromatic ring is 1. The second-order valence-electron chi connectivity index (χ2n) is 12.4. The van der Waals surface area contributed by atoms with Crippen molar-refractivity contribution in [2.75, 3.05) is 12.3 Å². The van der Waals surface area contributed by atoms with E-state index in [4.69, 9.17) is 10.5 Å². The summed E-state index contributed by atoms with van der Waals surface area (Å²) in [6.07, 6.45) is 11.2. The van der Waals surface area contributed by atoms with Gasteiger partial charge in [-0.1, -0.05) is 64.9 Å². The number of carbonyl (C=O) groups excluding carboxylic acids is 3. The van der Waals surface area contributed by atoms with Crippen molar-refractivity contribution in [2.24, 2.45) is 23.7 Å². The van der Waals surface area contributed by atoms with Gasteiger partial charge in [0.05, 0.1) is 0 Å². The minimum absolute atomic E-state index is 0.181. The average Bonchev–Trinajstić information content (AvgIpc) is 2.90. The van der Waals surface area contributed by atoms with Crippen LogP contribution in [0.4, 0.5) is 15.4 Å². The van der Waals surface area contributed by atoms with Crippen LogP contribution in [0.2, 0.25) is 0 Å². The highest BCUT2D eigenvalue weighted by atomic mass is 16.6. The molecule has 9 nitrogen and oxygen atoms in total. The molecular formula is C30H49N5O4. The van der Waals surface area contributed by atoms with Gasteiger partial charge in [-0.05, 0) is 68.9 Å². The monoisotopic (exact) mass is 543 g/mol. The highest BCUT2D eigenvalue weighted by molar-refractivity contribution is 5.98. The predicted octanol–water partition coefficient (Wildman–Crippen LogP) is 5.64. The van der Waals surface area contributed by atoms with Crippen molar-refractivity contribution >= 4 is 23.8 Å². The van der Waals surface area contributed by atoms with Crippen LogP contribution in [0, 0.1) is 23.7 Å². The summed E-state index contributed by atoms with van der Waals surface area (Å²) >= 11 is 0. The molecular weight excluding hydrogens is 494 g/mol. The highest BCUT2D eigenvalue weighted by Crippen LogP contribution is 2.45. The number of pyridine rings is 1. The molecule has 9 heteroatoms. The van der Waals surface area contributed by atoms with Crippen LogP contribution in [0.15, 0.2) is 18.3 Å². The molecule has 0 bridgehead atoms. The van der Waals surface area contributed by atoms with Gasteiger partial charge < -0.3 is 21.1 Å². The summed E-state index contributed by atoms with van der Waals surface area (Å²) in [6.45, 7) is 9.75. The third kappa shape index (κ3) is 9.11. The van der Waals surface area contributed by atoms with Crippen molar-refractivity contribution in [3.63, 3.8) is 0 Å². The Morgan fingerprint density at radius 2 is 1.85 bits per heavy atom. The van der Waals surface area contributed by atoms with Gasteiger partial charge >= 0.3 is 12.1 Å². The topological polar surface area (TPSA) is 127 Å². The number of carbonyl (C=O) groups is 3. The van der Waals surface area contributed by atoms with Crippen molar-refractivity contribution in [2.45, 2.75) is 111 Å². The van der Waals surface area contributed by atoms with Crippen LogP contribution in [-0.4, -0.2) is 46.1 Å². The molecule has 0 saturated heterocycles. The normalized spacial score (nSPS) is 22.6. The van der Waals surface area contributed by atoms with Gasteiger partial charge in [-0.2, -0.15) is 0 Å². The van der Waals surface area contributed by atoms with Gasteiger partial charge in [0.2, 0.25) is 0 Å². The fourth-order valence-corrected chi connectivity index (χ4v) is 6.14. The first-order valence-electron chi connectivity index (χ1n) is 14.8. The first kappa shape index (κ1) is 30.7. The third-order valence-corrected chi connectivity index (χ3v) is 8.40. The number of urea groups is 1. The zero-order valence-electron chi connectivity index (χ0n) is 24.5. The van der Waals surface area contributed by atoms with Gasteiger partial charge in [0, 0.05) is 19.3 Å². The highest BCUT2D eigenvalue weighted by Gasteiger charge is 2.38. The number of aromatic nitrogens is 1. The number of nitrogens with one attached hydrogen (secondary N) is 2. The maximum Gasteiger partial charge on any atom is 0.408 e. The lowest BCUT2D eigenvalue weighted by Gasteiger charge is -2.42. The van der Waals surface area contributed by atoms with Gasteiger partial charge in [-0.15, -0.1) is 0 Å². The number of alkyl carbamates (subject to hydrolysis) is 1. The zero-order chi connectivity index (χ0) is 28.6. The summed E-state index contributed by atoms with van der Waals surface area (Å²) in [5.74, 6) is 1.78. The maximum absolute atomic E-state index is 14.0. The number of anilines is 1. The lowest BCUT2D eigenvalue weighted by molar-refractivity contribution is -0.132. The largest absolute Gasteiger partial charge is 0.444 e. The Balaban J connectivity index is 1.77. The van der Waals surface area contributed by atoms with Crippen LogP contribution in [-0.2, 0) is 16.1 Å². The van der Waals surface area contributed by atoms with Crippen LogP contribution in [0.5, 0.6) is 0 Å². The Morgan fingerprint density at radius 3 is 2.51 bits per heavy atom. The van der Waals surface area contributed by atoms with E-state index in [-0.39, 0.29) is 12.5 Å². The molecule has 5 unspecified atom stereocenters. The number of imide groups is 1. The van der Waals surface area contributed by atoms with Gasteiger partial charge in [0.25, 0.3) is 5.91 Å². The fraction of sp³-hybridized carbons (Fsp3) is 0.733. The molecule has 218 valence electrons. The van der Waals surface area contributed by atoms with Gasteiger partial charge in [0.1, 0.15) is 17.5 Å². The van der Waals surface area contributed by atoms with E-state index < -0.39 is 29.7 Å². The van der Waals surface area contributed by atoms with E-state index in [2.05, 4.69) is 15.6 Å². The number of rotatable bonds is 9. The minimum atomic E-state index is -0.873. The molecule has 0 spiro atoms. The quantitative estimate of drug-likeness (QED) is 0.370. The van der Waals surface area contributed by atoms with Crippen molar-refractivity contribution in [3.8, 4) is 0 Å². The van der Waals surface area contributed by atoms with Gasteiger partial charge in [-0.25, -0.2) is 14.6 Å². The molecule has 4 amide bonds. The van der Waals surface area contributed by atoms with E-state index in [0.29, 0.717) is 30.6 Å². The summed E-state index contributed by atoms with van der Waals surface area (Å²) in [7, 11) is 0. The van der Waals surface area contributed by atoms with Crippen LogP contribution >= 0.6 is 0 Å². The predicted molar refractivity (Wildman–Crippen MR) is 153 cm³/mol. The molecule has 2 saturated carbocycles. The number of amides is 4. The molecule has 2 aliphatic rings. The van der Waals surface area contributed by atoms with E-state index in [1.165, 1.54) is 43.4 Å². The fourth-order valence-electron chi connectivity index (χ4n) is 6.14. The summed E-state index contributed by atoms with van der Waals surface area (Å²) in [4.78, 5) is 45.5. The van der Waals surface area contributed by atoms with E-state index in [1.807, 2.05) is 13.8 Å². The van der Waals surface area contributed by atoms with Crippen LogP contribution in [0.3, 0.4) is 0 Å². The molecule has 2 aliphatic carbocycles. The van der Waals surface area contributed by atoms with Crippen LogP contribution in [0.25, 0.3) is 0 Å². The number of ether oxygens (including phenoxy) is 1. The van der Waals surface area contributed by atoms with Crippen molar-refractivity contribution < 1.29 is 19.1 Å². The number of nitrogens with zero attached hydrogens (tertiary/aromatic N) is 2. The molecule has 5 atom stereocenters. The minimum Gasteiger partial charge on any atom is -0.444 e. The van der Waals surface area contributed by atoms with E-state index in [1.54, 1.807) is 39.1 Å². The Hall–Kier alpha value is -2.84. The van der Waals surface area contributed by atoms with Crippen molar-refractivity contribution in [3.05, 3.63) is 23.9 Å².